The van der Waals surface area contributed by atoms with E-state index in [1.807, 2.05) is 6.07 Å². The molecule has 0 aromatic heterocycles. The normalized spacial score (nSPS) is 14.1. The van der Waals surface area contributed by atoms with Crippen molar-refractivity contribution < 1.29 is 14.7 Å². The fourth-order valence-corrected chi connectivity index (χ4v) is 1.49. The van der Waals surface area contributed by atoms with Gasteiger partial charge in [0.05, 0.1) is 7.05 Å². The van der Waals surface area contributed by atoms with Crippen LogP contribution in [0.25, 0.3) is 0 Å². The first-order chi connectivity index (χ1) is 7.50. The van der Waals surface area contributed by atoms with Crippen molar-refractivity contribution in [1.29, 1.82) is 0 Å². The van der Waals surface area contributed by atoms with Crippen molar-refractivity contribution in [3.8, 4) is 0 Å². The fourth-order valence-electron chi connectivity index (χ4n) is 1.49. The lowest BCUT2D eigenvalue weighted by Gasteiger charge is -2.26. The Kier molecular flexibility index (Phi) is 3.79. The minimum absolute atomic E-state index is 0.0180. The van der Waals surface area contributed by atoms with Crippen LogP contribution in [0.5, 0.6) is 0 Å². The predicted octanol–water partition coefficient (Wildman–Crippen LogP) is 2.28. The van der Waals surface area contributed by atoms with E-state index >= 15 is 0 Å². The van der Waals surface area contributed by atoms with Gasteiger partial charge in [0.25, 0.3) is 0 Å². The van der Waals surface area contributed by atoms with Crippen molar-refractivity contribution in [3.63, 3.8) is 0 Å². The minimum Gasteiger partial charge on any atom is -0.435 e. The first-order valence-corrected chi connectivity index (χ1v) is 5.17. The molecule has 0 aliphatic heterocycles. The van der Waals surface area contributed by atoms with Gasteiger partial charge in [0.1, 0.15) is 5.69 Å². The van der Waals surface area contributed by atoms with Crippen LogP contribution < -0.4 is 4.48 Å². The molecule has 1 unspecified atom stereocenters. The van der Waals surface area contributed by atoms with E-state index in [1.54, 1.807) is 31.2 Å². The van der Waals surface area contributed by atoms with Crippen molar-refractivity contribution in [2.24, 2.45) is 0 Å². The molecule has 0 fully saturated rings. The Balaban J connectivity index is 3.07. The van der Waals surface area contributed by atoms with Gasteiger partial charge in [0.2, 0.25) is 0 Å². The number of likely N-dealkylation sites (N-methyl/N-ethyl adjacent to an activating group) is 1. The Morgan fingerprint density at radius 2 is 1.81 bits per heavy atom. The van der Waals surface area contributed by atoms with Crippen LogP contribution in [0.4, 0.5) is 10.5 Å². The molecule has 0 bridgehead atoms. The van der Waals surface area contributed by atoms with E-state index in [2.05, 4.69) is 0 Å². The highest BCUT2D eigenvalue weighted by atomic mass is 16.4. The van der Waals surface area contributed by atoms with Gasteiger partial charge in [0.15, 0.2) is 12.3 Å². The lowest BCUT2D eigenvalue weighted by Crippen LogP contribution is -2.52. The highest BCUT2D eigenvalue weighted by Gasteiger charge is 2.36. The average Bonchev–Trinajstić information content (AvgIpc) is 2.29. The van der Waals surface area contributed by atoms with Gasteiger partial charge in [-0.05, 0) is 12.1 Å². The lowest BCUT2D eigenvalue weighted by molar-refractivity contribution is -0.119. The first kappa shape index (κ1) is 12.4. The first-order valence-electron chi connectivity index (χ1n) is 5.17. The molecule has 86 valence electrons. The Morgan fingerprint density at radius 1 is 1.25 bits per heavy atom. The van der Waals surface area contributed by atoms with Crippen molar-refractivity contribution >= 4 is 17.6 Å². The van der Waals surface area contributed by atoms with Gasteiger partial charge in [-0.1, -0.05) is 25.1 Å². The van der Waals surface area contributed by atoms with Crippen LogP contribution in [-0.2, 0) is 4.79 Å². The van der Waals surface area contributed by atoms with Gasteiger partial charge in [-0.25, -0.2) is 0 Å². The molecule has 0 aliphatic carbocycles. The van der Waals surface area contributed by atoms with Crippen LogP contribution in [0, 0.1) is 0 Å². The minimum atomic E-state index is -1.02. The number of para-hydroxylation sites is 1. The molecule has 1 atom stereocenters. The number of rotatable bonds is 4. The number of hydrogen-bond donors (Lipinski definition) is 1. The molecule has 1 aromatic carbocycles. The number of Topliss-reactive ketones (excluding diaryl/α,β-unsaturated/α-hetero) is 1. The molecule has 4 nitrogen and oxygen atoms in total. The maximum Gasteiger partial charge on any atom is 0.518 e. The molecule has 0 heterocycles. The van der Waals surface area contributed by atoms with Crippen molar-refractivity contribution in [2.45, 2.75) is 13.3 Å². The van der Waals surface area contributed by atoms with Gasteiger partial charge in [-0.2, -0.15) is 9.28 Å². The number of carbonyl (C=O) groups excluding carboxylic acids is 1. The number of carboxylic acid groups (broad SMARTS) is 1. The van der Waals surface area contributed by atoms with Crippen LogP contribution >= 0.6 is 0 Å². The van der Waals surface area contributed by atoms with Crippen molar-refractivity contribution in [3.05, 3.63) is 30.3 Å². The third-order valence-corrected chi connectivity index (χ3v) is 2.64. The largest absolute Gasteiger partial charge is 0.518 e. The van der Waals surface area contributed by atoms with E-state index < -0.39 is 10.6 Å². The highest BCUT2D eigenvalue weighted by Crippen LogP contribution is 2.20. The van der Waals surface area contributed by atoms with Gasteiger partial charge in [-0.15, -0.1) is 0 Å². The summed E-state index contributed by atoms with van der Waals surface area (Å²) < 4.78 is -0.395. The van der Waals surface area contributed by atoms with Crippen LogP contribution in [0.2, 0.25) is 0 Å². The van der Waals surface area contributed by atoms with E-state index in [1.165, 1.54) is 7.05 Å². The standard InChI is InChI=1S/C12H15NO3/c1-3-11(14)9-13(2,12(15)16)10-7-5-4-6-8-10/h4-8H,3,9H2,1-2H3/p+1. The number of benzene rings is 1. The molecular weight excluding hydrogens is 206 g/mol. The van der Waals surface area contributed by atoms with Crippen LogP contribution in [0.1, 0.15) is 13.3 Å². The van der Waals surface area contributed by atoms with Crippen molar-refractivity contribution in [2.75, 3.05) is 13.6 Å². The molecule has 1 amide bonds. The topological polar surface area (TPSA) is 54.4 Å². The zero-order valence-electron chi connectivity index (χ0n) is 9.51. The monoisotopic (exact) mass is 222 g/mol. The summed E-state index contributed by atoms with van der Waals surface area (Å²) in [6.07, 6.45) is -0.665. The third-order valence-electron chi connectivity index (χ3n) is 2.64. The Bertz CT molecular complexity index is 389. The third kappa shape index (κ3) is 2.46. The molecule has 0 aliphatic rings. The molecule has 16 heavy (non-hydrogen) atoms. The molecular formula is C12H16NO3+. The van der Waals surface area contributed by atoms with E-state index in [0.29, 0.717) is 12.1 Å². The molecule has 0 spiro atoms. The summed E-state index contributed by atoms with van der Waals surface area (Å²) in [5.74, 6) is -0.0613. The Labute approximate surface area is 94.7 Å². The average molecular weight is 222 g/mol. The maximum atomic E-state index is 11.4. The molecule has 1 rings (SSSR count). The van der Waals surface area contributed by atoms with Gasteiger partial charge >= 0.3 is 6.09 Å². The lowest BCUT2D eigenvalue weighted by atomic mass is 10.2. The van der Waals surface area contributed by atoms with E-state index in [0.717, 1.165) is 0 Å². The summed E-state index contributed by atoms with van der Waals surface area (Å²) in [6, 6.07) is 8.79. The number of quaternary nitrogens is 1. The van der Waals surface area contributed by atoms with Crippen molar-refractivity contribution in [1.82, 2.24) is 4.48 Å². The zero-order valence-corrected chi connectivity index (χ0v) is 9.51. The maximum absolute atomic E-state index is 11.4. The van der Waals surface area contributed by atoms with Crippen LogP contribution in [0.15, 0.2) is 30.3 Å². The number of amides is 1. The zero-order chi connectivity index (χ0) is 12.2. The molecule has 0 saturated carbocycles. The summed E-state index contributed by atoms with van der Waals surface area (Å²) in [5.41, 5.74) is 0.608. The van der Waals surface area contributed by atoms with E-state index in [-0.39, 0.29) is 12.3 Å². The van der Waals surface area contributed by atoms with Gasteiger partial charge in [-0.3, -0.25) is 4.79 Å². The number of ketones is 1. The second-order valence-electron chi connectivity index (χ2n) is 3.86. The summed E-state index contributed by atoms with van der Waals surface area (Å²) in [7, 11) is 1.53. The van der Waals surface area contributed by atoms with Gasteiger partial charge < -0.3 is 5.11 Å². The smallest absolute Gasteiger partial charge is 0.435 e. The number of carbonyl (C=O) groups is 2. The summed E-state index contributed by atoms with van der Waals surface area (Å²) in [5, 5.41) is 9.25. The fraction of sp³-hybridized carbons (Fsp3) is 0.333. The Hall–Kier alpha value is -1.68. The quantitative estimate of drug-likeness (QED) is 0.795. The second-order valence-corrected chi connectivity index (χ2v) is 3.86. The number of hydrogen-bond acceptors (Lipinski definition) is 2. The molecule has 1 N–H and O–H groups in total. The number of nitrogens with zero attached hydrogens (tertiary/aromatic N) is 1. The van der Waals surface area contributed by atoms with Crippen LogP contribution in [-0.4, -0.2) is 30.6 Å². The summed E-state index contributed by atoms with van der Waals surface area (Å²) >= 11 is 0. The van der Waals surface area contributed by atoms with E-state index in [4.69, 9.17) is 0 Å². The summed E-state index contributed by atoms with van der Waals surface area (Å²) in [4.78, 5) is 22.7. The highest BCUT2D eigenvalue weighted by molar-refractivity contribution is 5.90. The molecule has 4 heteroatoms. The SMILES string of the molecule is CCC(=O)C[N+](C)(C(=O)O)c1ccccc1. The van der Waals surface area contributed by atoms with E-state index in [9.17, 15) is 14.7 Å². The second kappa shape index (κ2) is 4.90. The molecule has 0 radical (unpaired) electrons. The molecule has 0 saturated heterocycles. The predicted molar refractivity (Wildman–Crippen MR) is 62.3 cm³/mol. The van der Waals surface area contributed by atoms with Gasteiger partial charge in [0, 0.05) is 6.42 Å². The summed E-state index contributed by atoms with van der Waals surface area (Å²) in [6.45, 7) is 1.72. The van der Waals surface area contributed by atoms with Crippen LogP contribution in [0.3, 0.4) is 0 Å². The Morgan fingerprint density at radius 3 is 2.25 bits per heavy atom. The molecule has 1 aromatic rings.